The van der Waals surface area contributed by atoms with Crippen LogP contribution in [0.1, 0.15) is 22.8 Å². The van der Waals surface area contributed by atoms with Gasteiger partial charge in [0.15, 0.2) is 5.78 Å². The number of allylic oxidation sites excluding steroid dienone is 1. The van der Waals surface area contributed by atoms with Gasteiger partial charge in [0.2, 0.25) is 5.43 Å². The second-order valence-corrected chi connectivity index (χ2v) is 5.21. The Labute approximate surface area is 146 Å². The van der Waals surface area contributed by atoms with Crippen LogP contribution in [-0.4, -0.2) is 26.5 Å². The molecule has 0 aromatic heterocycles. The van der Waals surface area contributed by atoms with Gasteiger partial charge in [-0.1, -0.05) is 12.1 Å². The molecule has 25 heavy (non-hydrogen) atoms. The zero-order valence-electron chi connectivity index (χ0n) is 14.5. The molecule has 0 fully saturated rings. The van der Waals surface area contributed by atoms with E-state index in [1.54, 1.807) is 56.7 Å². The van der Waals surface area contributed by atoms with Crippen LogP contribution in [0, 0.1) is 0 Å². The van der Waals surface area contributed by atoms with Gasteiger partial charge in [0, 0.05) is 12.1 Å². The molecule has 0 saturated heterocycles. The number of nitrogens with one attached hydrogen (secondary N) is 1. The smallest absolute Gasteiger partial charge is 0.212 e. The predicted molar refractivity (Wildman–Crippen MR) is 99.8 cm³/mol. The van der Waals surface area contributed by atoms with Gasteiger partial charge >= 0.3 is 0 Å². The molecule has 0 aliphatic carbocycles. The molecule has 0 unspecified atom stereocenters. The maximum Gasteiger partial charge on any atom is 0.212 e. The van der Waals surface area contributed by atoms with E-state index < -0.39 is 0 Å². The van der Waals surface area contributed by atoms with E-state index in [0.717, 1.165) is 0 Å². The maximum atomic E-state index is 12.5. The summed E-state index contributed by atoms with van der Waals surface area (Å²) in [5.74, 6) is 0.891. The van der Waals surface area contributed by atoms with Gasteiger partial charge in [-0.15, -0.1) is 0 Å². The van der Waals surface area contributed by atoms with Gasteiger partial charge in [0.05, 0.1) is 25.5 Å². The van der Waals surface area contributed by atoms with Crippen molar-refractivity contribution in [2.75, 3.05) is 26.1 Å². The largest absolute Gasteiger partial charge is 0.497 e. The quantitative estimate of drug-likeness (QED) is 0.619. The van der Waals surface area contributed by atoms with E-state index in [1.165, 1.54) is 12.1 Å². The van der Waals surface area contributed by atoms with Gasteiger partial charge in [-0.3, -0.25) is 9.59 Å². The third kappa shape index (κ3) is 4.47. The van der Waals surface area contributed by atoms with Crippen molar-refractivity contribution in [2.24, 2.45) is 0 Å². The molecule has 2 aromatic rings. The number of anilines is 1. The molecule has 0 aliphatic rings. The minimum Gasteiger partial charge on any atom is -0.497 e. The van der Waals surface area contributed by atoms with Gasteiger partial charge in [0.25, 0.3) is 0 Å². The molecule has 0 spiro atoms. The van der Waals surface area contributed by atoms with Crippen LogP contribution in [0.4, 0.5) is 5.69 Å². The molecular weight excluding hydrogens is 318 g/mol. The van der Waals surface area contributed by atoms with E-state index in [0.29, 0.717) is 29.3 Å². The fourth-order valence-electron chi connectivity index (χ4n) is 2.35. The van der Waals surface area contributed by atoms with Crippen LogP contribution < -0.4 is 20.2 Å². The molecule has 5 nitrogen and oxygen atoms in total. The second kappa shape index (κ2) is 8.68. The van der Waals surface area contributed by atoms with Crippen molar-refractivity contribution < 1.29 is 14.3 Å². The number of hydrogen-bond donors (Lipinski definition) is 1. The Hall–Kier alpha value is -3.08. The van der Waals surface area contributed by atoms with E-state index in [4.69, 9.17) is 9.47 Å². The lowest BCUT2D eigenvalue weighted by molar-refractivity contribution is 0.104. The first-order valence-electron chi connectivity index (χ1n) is 7.92. The summed E-state index contributed by atoms with van der Waals surface area (Å²) in [6.07, 6.45) is 2.98. The molecule has 0 bridgehead atoms. The zero-order valence-corrected chi connectivity index (χ0v) is 14.5. The van der Waals surface area contributed by atoms with Gasteiger partial charge in [0.1, 0.15) is 11.5 Å². The summed E-state index contributed by atoms with van der Waals surface area (Å²) in [4.78, 5) is 25.0. The Morgan fingerprint density at radius 2 is 1.88 bits per heavy atom. The molecule has 0 amide bonds. The van der Waals surface area contributed by atoms with Gasteiger partial charge in [-0.25, -0.2) is 0 Å². The Balaban J connectivity index is 2.38. The number of methoxy groups -OCH3 is 2. The van der Waals surface area contributed by atoms with E-state index in [1.807, 2.05) is 6.92 Å². The van der Waals surface area contributed by atoms with Crippen LogP contribution in [0.3, 0.4) is 0 Å². The number of hydrogen-bond acceptors (Lipinski definition) is 5. The summed E-state index contributed by atoms with van der Waals surface area (Å²) in [5.41, 5.74) is 0.885. The van der Waals surface area contributed by atoms with Crippen LogP contribution in [0.5, 0.6) is 11.5 Å². The highest BCUT2D eigenvalue weighted by Gasteiger charge is 2.10. The van der Waals surface area contributed by atoms with Gasteiger partial charge in [-0.05, 0) is 49.4 Å². The van der Waals surface area contributed by atoms with Gasteiger partial charge in [-0.2, -0.15) is 0 Å². The maximum absolute atomic E-state index is 12.5. The summed E-state index contributed by atoms with van der Waals surface area (Å²) in [5, 5.41) is 2.97. The topological polar surface area (TPSA) is 64.6 Å². The van der Waals surface area contributed by atoms with Crippen molar-refractivity contribution in [3.63, 3.8) is 0 Å². The predicted octanol–water partition coefficient (Wildman–Crippen LogP) is 3.39. The average Bonchev–Trinajstić information content (AvgIpc) is 2.81. The third-order valence-corrected chi connectivity index (χ3v) is 3.61. The molecular formula is C20H21NO4. The molecule has 130 valence electrons. The SMILES string of the molecule is CCNc1ccccc(C(=O)/C=C/c2cc(OC)ccc2OC)c1=O. The number of rotatable bonds is 7. The summed E-state index contributed by atoms with van der Waals surface area (Å²) in [6, 6.07) is 11.9. The fraction of sp³-hybridized carbons (Fsp3) is 0.200. The van der Waals surface area contributed by atoms with Crippen molar-refractivity contribution >= 4 is 17.5 Å². The van der Waals surface area contributed by atoms with Crippen molar-refractivity contribution in [3.05, 3.63) is 69.9 Å². The number of carbonyl (C=O) groups is 1. The number of ether oxygens (including phenoxy) is 2. The standard InChI is InChI=1S/C20H21NO4/c1-4-21-17-8-6-5-7-16(20(17)23)18(22)11-9-14-13-15(24-2)10-12-19(14)25-3/h5-13H,4H2,1-3H3,(H,21,23)/b11-9+. The Bertz CT molecular complexity index is 843. The molecule has 0 aliphatic heterocycles. The summed E-state index contributed by atoms with van der Waals surface area (Å²) < 4.78 is 10.5. The first kappa shape index (κ1) is 18.3. The van der Waals surface area contributed by atoms with Crippen molar-refractivity contribution in [1.82, 2.24) is 0 Å². The van der Waals surface area contributed by atoms with E-state index in [2.05, 4.69) is 5.32 Å². The molecule has 0 saturated carbocycles. The third-order valence-electron chi connectivity index (χ3n) is 3.61. The lowest BCUT2D eigenvalue weighted by Crippen LogP contribution is -2.15. The molecule has 1 N–H and O–H groups in total. The summed E-state index contributed by atoms with van der Waals surface area (Å²) >= 11 is 0. The Morgan fingerprint density at radius 1 is 1.12 bits per heavy atom. The van der Waals surface area contributed by atoms with Crippen molar-refractivity contribution in [1.29, 1.82) is 0 Å². The van der Waals surface area contributed by atoms with Crippen molar-refractivity contribution in [3.8, 4) is 11.5 Å². The molecule has 0 atom stereocenters. The molecule has 0 radical (unpaired) electrons. The minimum absolute atomic E-state index is 0.110. The van der Waals surface area contributed by atoms with Crippen LogP contribution in [-0.2, 0) is 0 Å². The summed E-state index contributed by atoms with van der Waals surface area (Å²) in [6.45, 7) is 2.49. The Kier molecular flexibility index (Phi) is 6.34. The first-order valence-corrected chi connectivity index (χ1v) is 7.92. The van der Waals surface area contributed by atoms with Crippen molar-refractivity contribution in [2.45, 2.75) is 6.92 Å². The zero-order chi connectivity index (χ0) is 18.2. The number of benzene rings is 1. The van der Waals surface area contributed by atoms with E-state index in [-0.39, 0.29) is 16.8 Å². The van der Waals surface area contributed by atoms with Crippen LogP contribution >= 0.6 is 0 Å². The number of ketones is 1. The summed E-state index contributed by atoms with van der Waals surface area (Å²) in [7, 11) is 3.12. The molecule has 2 rings (SSSR count). The highest BCUT2D eigenvalue weighted by atomic mass is 16.5. The highest BCUT2D eigenvalue weighted by Crippen LogP contribution is 2.25. The van der Waals surface area contributed by atoms with Crippen LogP contribution in [0.25, 0.3) is 6.08 Å². The highest BCUT2D eigenvalue weighted by molar-refractivity contribution is 6.07. The monoisotopic (exact) mass is 339 g/mol. The Morgan fingerprint density at radius 3 is 2.56 bits per heavy atom. The number of carbonyl (C=O) groups excluding carboxylic acids is 1. The first-order chi connectivity index (χ1) is 12.1. The average molecular weight is 339 g/mol. The van der Waals surface area contributed by atoms with E-state index in [9.17, 15) is 9.59 Å². The molecule has 2 aromatic carbocycles. The second-order valence-electron chi connectivity index (χ2n) is 5.21. The van der Waals surface area contributed by atoms with Crippen LogP contribution in [0.15, 0.2) is 53.3 Å². The minimum atomic E-state index is -0.370. The molecule has 0 heterocycles. The molecule has 5 heteroatoms. The van der Waals surface area contributed by atoms with Gasteiger partial charge < -0.3 is 14.8 Å². The normalized spacial score (nSPS) is 10.5. The lowest BCUT2D eigenvalue weighted by atomic mass is 10.1. The van der Waals surface area contributed by atoms with Crippen LogP contribution in [0.2, 0.25) is 0 Å². The lowest BCUT2D eigenvalue weighted by Gasteiger charge is -2.07. The fourth-order valence-corrected chi connectivity index (χ4v) is 2.35. The van der Waals surface area contributed by atoms with E-state index >= 15 is 0 Å².